The van der Waals surface area contributed by atoms with Crippen molar-refractivity contribution in [1.82, 2.24) is 25.4 Å². The summed E-state index contributed by atoms with van der Waals surface area (Å²) in [5.41, 5.74) is 0. The summed E-state index contributed by atoms with van der Waals surface area (Å²) in [6, 6.07) is 5.14. The molecular formula is C21H35IN6S. The number of nitrogens with zero attached hydrogens (tertiary/aromatic N) is 4. The van der Waals surface area contributed by atoms with Gasteiger partial charge >= 0.3 is 0 Å². The number of aryl methyl sites for hydroxylation is 1. The third-order valence-corrected chi connectivity index (χ3v) is 6.57. The van der Waals surface area contributed by atoms with E-state index in [1.54, 1.807) is 17.7 Å². The van der Waals surface area contributed by atoms with Crippen LogP contribution in [0.2, 0.25) is 0 Å². The summed E-state index contributed by atoms with van der Waals surface area (Å²) in [4.78, 5) is 6.27. The van der Waals surface area contributed by atoms with Crippen LogP contribution in [0.15, 0.2) is 28.8 Å². The van der Waals surface area contributed by atoms with Crippen molar-refractivity contribution in [3.8, 4) is 0 Å². The van der Waals surface area contributed by atoms with Crippen molar-refractivity contribution in [3.63, 3.8) is 0 Å². The number of thiophene rings is 1. The number of aromatic nitrogens is 3. The molecule has 0 bridgehead atoms. The first-order chi connectivity index (χ1) is 13.7. The van der Waals surface area contributed by atoms with E-state index in [2.05, 4.69) is 63.7 Å². The summed E-state index contributed by atoms with van der Waals surface area (Å²) < 4.78 is 2.10. The van der Waals surface area contributed by atoms with E-state index in [0.29, 0.717) is 18.6 Å². The lowest BCUT2D eigenvalue weighted by molar-refractivity contribution is 0.328. The largest absolute Gasteiger partial charge is 0.354 e. The van der Waals surface area contributed by atoms with Crippen molar-refractivity contribution in [2.45, 2.75) is 77.9 Å². The molecule has 2 aromatic heterocycles. The van der Waals surface area contributed by atoms with E-state index in [1.165, 1.54) is 30.6 Å². The first-order valence-electron chi connectivity index (χ1n) is 10.7. The van der Waals surface area contributed by atoms with Gasteiger partial charge in [0.05, 0.1) is 12.6 Å². The zero-order valence-corrected chi connectivity index (χ0v) is 21.0. The zero-order chi connectivity index (χ0) is 19.8. The van der Waals surface area contributed by atoms with Crippen LogP contribution in [0.3, 0.4) is 0 Å². The molecule has 0 aromatic carbocycles. The predicted octanol–water partition coefficient (Wildman–Crippen LogP) is 4.79. The molecule has 1 atom stereocenters. The molecule has 8 heteroatoms. The quantitative estimate of drug-likeness (QED) is 0.293. The normalized spacial score (nSPS) is 20.7. The highest BCUT2D eigenvalue weighted by molar-refractivity contribution is 14.0. The van der Waals surface area contributed by atoms with Gasteiger partial charge in [-0.1, -0.05) is 26.8 Å². The molecule has 29 heavy (non-hydrogen) atoms. The summed E-state index contributed by atoms with van der Waals surface area (Å²) in [6.45, 7) is 8.21. The van der Waals surface area contributed by atoms with Crippen LogP contribution in [0.1, 0.15) is 69.6 Å². The van der Waals surface area contributed by atoms with Gasteiger partial charge in [0.2, 0.25) is 0 Å². The molecule has 162 valence electrons. The summed E-state index contributed by atoms with van der Waals surface area (Å²) in [6.07, 6.45) is 8.78. The first-order valence-corrected chi connectivity index (χ1v) is 11.5. The Morgan fingerprint density at radius 2 is 2.10 bits per heavy atom. The number of guanidine groups is 1. The van der Waals surface area contributed by atoms with E-state index in [0.717, 1.165) is 37.1 Å². The van der Waals surface area contributed by atoms with Gasteiger partial charge in [0.15, 0.2) is 5.96 Å². The Morgan fingerprint density at radius 3 is 2.76 bits per heavy atom. The SMILES string of the molecule is CCc1nncn1CCN=C(NC1CCC(C)CC1)NC(CC)c1cccs1.I. The maximum atomic E-state index is 4.91. The van der Waals surface area contributed by atoms with Gasteiger partial charge in [-0.3, -0.25) is 4.99 Å². The minimum absolute atomic E-state index is 0. The van der Waals surface area contributed by atoms with Crippen LogP contribution < -0.4 is 10.6 Å². The minimum atomic E-state index is 0. The minimum Gasteiger partial charge on any atom is -0.354 e. The fourth-order valence-corrected chi connectivity index (χ4v) is 4.63. The van der Waals surface area contributed by atoms with Crippen LogP contribution in [0.25, 0.3) is 0 Å². The number of rotatable bonds is 8. The molecule has 0 aliphatic heterocycles. The third kappa shape index (κ3) is 7.24. The molecule has 2 aromatic rings. The van der Waals surface area contributed by atoms with E-state index < -0.39 is 0 Å². The summed E-state index contributed by atoms with van der Waals surface area (Å²) in [7, 11) is 0. The first kappa shape index (κ1) is 24.1. The lowest BCUT2D eigenvalue weighted by atomic mass is 9.87. The van der Waals surface area contributed by atoms with Crippen LogP contribution in [-0.2, 0) is 13.0 Å². The molecule has 0 amide bonds. The summed E-state index contributed by atoms with van der Waals surface area (Å²) >= 11 is 1.80. The van der Waals surface area contributed by atoms with Gasteiger partial charge in [-0.2, -0.15) is 0 Å². The van der Waals surface area contributed by atoms with Crippen LogP contribution >= 0.6 is 35.3 Å². The average Bonchev–Trinajstić information content (AvgIpc) is 3.39. The van der Waals surface area contributed by atoms with Gasteiger partial charge in [-0.05, 0) is 49.5 Å². The maximum Gasteiger partial charge on any atom is 0.192 e. The van der Waals surface area contributed by atoms with Gasteiger partial charge in [0.1, 0.15) is 12.2 Å². The fraction of sp³-hybridized carbons (Fsp3) is 0.667. The van der Waals surface area contributed by atoms with Gasteiger partial charge in [-0.25, -0.2) is 0 Å². The highest BCUT2D eigenvalue weighted by Gasteiger charge is 2.20. The van der Waals surface area contributed by atoms with Crippen molar-refractivity contribution in [3.05, 3.63) is 34.5 Å². The van der Waals surface area contributed by atoms with E-state index >= 15 is 0 Å². The van der Waals surface area contributed by atoms with E-state index in [4.69, 9.17) is 4.99 Å². The lowest BCUT2D eigenvalue weighted by Crippen LogP contribution is -2.46. The number of nitrogens with one attached hydrogen (secondary N) is 2. The van der Waals surface area contributed by atoms with Gasteiger partial charge < -0.3 is 15.2 Å². The second kappa shape index (κ2) is 12.5. The highest BCUT2D eigenvalue weighted by atomic mass is 127. The van der Waals surface area contributed by atoms with Crippen LogP contribution in [0, 0.1) is 5.92 Å². The summed E-state index contributed by atoms with van der Waals surface area (Å²) in [5.74, 6) is 2.80. The molecule has 1 aliphatic rings. The van der Waals surface area contributed by atoms with Crippen molar-refractivity contribution >= 4 is 41.3 Å². The standard InChI is InChI=1S/C21H34N6S.HI/c1-4-18(19-7-6-14-28-19)25-21(24-17-10-8-16(3)9-11-17)22-12-13-27-15-23-26-20(27)5-2;/h6-7,14-18H,4-5,8-13H2,1-3H3,(H2,22,24,25);1H. The van der Waals surface area contributed by atoms with Gasteiger partial charge in [0.25, 0.3) is 0 Å². The van der Waals surface area contributed by atoms with Crippen LogP contribution in [0.4, 0.5) is 0 Å². The molecule has 2 N–H and O–H groups in total. The molecule has 1 saturated carbocycles. The molecule has 2 heterocycles. The molecule has 3 rings (SSSR count). The molecule has 1 fully saturated rings. The Balaban J connectivity index is 0.00000300. The Labute approximate surface area is 196 Å². The van der Waals surface area contributed by atoms with Crippen molar-refractivity contribution in [1.29, 1.82) is 0 Å². The van der Waals surface area contributed by atoms with E-state index in [9.17, 15) is 0 Å². The molecule has 6 nitrogen and oxygen atoms in total. The van der Waals surface area contributed by atoms with Crippen molar-refractivity contribution < 1.29 is 0 Å². The lowest BCUT2D eigenvalue weighted by Gasteiger charge is -2.29. The number of hydrogen-bond acceptors (Lipinski definition) is 4. The molecule has 0 saturated heterocycles. The Hall–Kier alpha value is -1.16. The second-order valence-corrected chi connectivity index (χ2v) is 8.73. The average molecular weight is 531 g/mol. The second-order valence-electron chi connectivity index (χ2n) is 7.75. The molecule has 1 unspecified atom stereocenters. The van der Waals surface area contributed by atoms with Gasteiger partial charge in [0, 0.05) is 23.9 Å². The number of hydrogen-bond donors (Lipinski definition) is 2. The highest BCUT2D eigenvalue weighted by Crippen LogP contribution is 2.24. The maximum absolute atomic E-state index is 4.91. The fourth-order valence-electron chi connectivity index (χ4n) is 3.77. The van der Waals surface area contributed by atoms with Crippen molar-refractivity contribution in [2.24, 2.45) is 10.9 Å². The molecular weight excluding hydrogens is 495 g/mol. The topological polar surface area (TPSA) is 67.1 Å². The predicted molar refractivity (Wildman–Crippen MR) is 132 cm³/mol. The molecule has 1 aliphatic carbocycles. The molecule has 0 radical (unpaired) electrons. The van der Waals surface area contributed by atoms with E-state index in [1.807, 2.05) is 0 Å². The number of halogens is 1. The van der Waals surface area contributed by atoms with Crippen molar-refractivity contribution in [2.75, 3.05) is 6.54 Å². The Kier molecular flexibility index (Phi) is 10.4. The van der Waals surface area contributed by atoms with Crippen LogP contribution in [-0.4, -0.2) is 33.3 Å². The van der Waals surface area contributed by atoms with Gasteiger partial charge in [-0.15, -0.1) is 45.5 Å². The zero-order valence-electron chi connectivity index (χ0n) is 17.8. The summed E-state index contributed by atoms with van der Waals surface area (Å²) in [5, 5.41) is 17.7. The van der Waals surface area contributed by atoms with E-state index in [-0.39, 0.29) is 24.0 Å². The number of aliphatic imine (C=N–C) groups is 1. The monoisotopic (exact) mass is 530 g/mol. The molecule has 0 spiro atoms. The van der Waals surface area contributed by atoms with Crippen LogP contribution in [0.5, 0.6) is 0 Å². The third-order valence-electron chi connectivity index (χ3n) is 5.59. The Bertz CT molecular complexity index is 721. The Morgan fingerprint density at radius 1 is 1.31 bits per heavy atom. The smallest absolute Gasteiger partial charge is 0.192 e.